The van der Waals surface area contributed by atoms with E-state index in [4.69, 9.17) is 14.7 Å². The fourth-order valence-electron chi connectivity index (χ4n) is 1.77. The number of nitrogens with one attached hydrogen (secondary N) is 1. The Labute approximate surface area is 114 Å². The lowest BCUT2D eigenvalue weighted by atomic mass is 10.1. The maximum absolute atomic E-state index is 11.5. The number of anilines is 2. The topological polar surface area (TPSA) is 88.4 Å². The molecule has 1 N–H and O–H groups in total. The molecule has 0 aromatic heterocycles. The smallest absolute Gasteiger partial charge is 0.272 e. The van der Waals surface area contributed by atoms with E-state index in [2.05, 4.69) is 5.32 Å². The molecule has 0 fully saturated rings. The Hall–Kier alpha value is -2.81. The van der Waals surface area contributed by atoms with Gasteiger partial charge >= 0.3 is 0 Å². The molecule has 0 radical (unpaired) electrons. The molecular formula is C14H12N2O4. The molecule has 0 unspecified atom stereocenters. The maximum Gasteiger partial charge on any atom is 0.272 e. The molecule has 102 valence electrons. The Morgan fingerprint density at radius 2 is 2.05 bits per heavy atom. The quantitative estimate of drug-likeness (QED) is 0.825. The maximum atomic E-state index is 11.5. The van der Waals surface area contributed by atoms with Crippen LogP contribution >= 0.6 is 0 Å². The van der Waals surface area contributed by atoms with Crippen molar-refractivity contribution in [3.63, 3.8) is 0 Å². The minimum absolute atomic E-state index is 0.0314. The van der Waals surface area contributed by atoms with Crippen molar-refractivity contribution in [1.29, 1.82) is 5.26 Å². The minimum atomic E-state index is -0.637. The Balaban J connectivity index is 2.36. The molecule has 6 nitrogen and oxygen atoms in total. The lowest BCUT2D eigenvalue weighted by Crippen LogP contribution is -2.35. The number of benzene rings is 1. The van der Waals surface area contributed by atoms with Gasteiger partial charge in [-0.2, -0.15) is 5.26 Å². The Kier molecular flexibility index (Phi) is 3.71. The van der Waals surface area contributed by atoms with E-state index in [0.29, 0.717) is 23.6 Å². The highest BCUT2D eigenvalue weighted by atomic mass is 16.5. The van der Waals surface area contributed by atoms with Crippen LogP contribution in [0.15, 0.2) is 27.8 Å². The molecule has 0 aliphatic heterocycles. The van der Waals surface area contributed by atoms with Crippen molar-refractivity contribution in [1.82, 2.24) is 0 Å². The first-order valence-corrected chi connectivity index (χ1v) is 5.93. The van der Waals surface area contributed by atoms with Crippen LogP contribution in [-0.2, 0) is 0 Å². The second kappa shape index (κ2) is 5.45. The van der Waals surface area contributed by atoms with E-state index in [1.54, 1.807) is 19.1 Å². The van der Waals surface area contributed by atoms with Gasteiger partial charge in [-0.1, -0.05) is 0 Å². The molecule has 0 amide bonds. The first-order chi connectivity index (χ1) is 9.62. The van der Waals surface area contributed by atoms with Crippen LogP contribution in [0.3, 0.4) is 0 Å². The molecule has 2 rings (SSSR count). The average molecular weight is 272 g/mol. The number of rotatable bonds is 5. The van der Waals surface area contributed by atoms with Crippen molar-refractivity contribution in [3.8, 4) is 17.6 Å². The molecular weight excluding hydrogens is 260 g/mol. The molecule has 0 bridgehead atoms. The van der Waals surface area contributed by atoms with Gasteiger partial charge in [0.05, 0.1) is 31.0 Å². The highest BCUT2D eigenvalue weighted by molar-refractivity contribution is 5.73. The van der Waals surface area contributed by atoms with Crippen LogP contribution in [0, 0.1) is 11.3 Å². The van der Waals surface area contributed by atoms with Crippen LogP contribution in [0.1, 0.15) is 12.5 Å². The number of nitriles is 1. The van der Waals surface area contributed by atoms with Gasteiger partial charge in [0.25, 0.3) is 10.9 Å². The molecule has 0 aliphatic rings. The van der Waals surface area contributed by atoms with Crippen molar-refractivity contribution in [2.75, 3.05) is 19.0 Å². The molecule has 0 saturated heterocycles. The second-order valence-electron chi connectivity index (χ2n) is 3.95. The standard InChI is InChI=1S/C14H12N2O4/c1-3-20-14-11(12(17)13(14)18)16-9-5-4-8(7-15)6-10(9)19-2/h4-6,16H,3H2,1-2H3. The van der Waals surface area contributed by atoms with E-state index in [1.165, 1.54) is 13.2 Å². The van der Waals surface area contributed by atoms with E-state index < -0.39 is 10.9 Å². The van der Waals surface area contributed by atoms with Gasteiger partial charge in [-0.25, -0.2) is 0 Å². The summed E-state index contributed by atoms with van der Waals surface area (Å²) in [5.74, 6) is 0.434. The fourth-order valence-corrected chi connectivity index (χ4v) is 1.77. The van der Waals surface area contributed by atoms with E-state index in [9.17, 15) is 9.59 Å². The molecule has 0 heterocycles. The Morgan fingerprint density at radius 1 is 1.30 bits per heavy atom. The van der Waals surface area contributed by atoms with Gasteiger partial charge in [0, 0.05) is 6.07 Å². The number of nitrogens with zero attached hydrogens (tertiary/aromatic N) is 1. The largest absolute Gasteiger partial charge is 0.495 e. The van der Waals surface area contributed by atoms with Gasteiger partial charge in [-0.3, -0.25) is 9.59 Å². The van der Waals surface area contributed by atoms with E-state index in [0.717, 1.165) is 0 Å². The highest BCUT2D eigenvalue weighted by Gasteiger charge is 2.23. The predicted octanol–water partition coefficient (Wildman–Crippen LogP) is 1.31. The lowest BCUT2D eigenvalue weighted by Gasteiger charge is -2.15. The second-order valence-corrected chi connectivity index (χ2v) is 3.95. The minimum Gasteiger partial charge on any atom is -0.495 e. The van der Waals surface area contributed by atoms with Crippen molar-refractivity contribution in [2.45, 2.75) is 6.92 Å². The normalized spacial score (nSPS) is 10.1. The zero-order valence-corrected chi connectivity index (χ0v) is 11.0. The van der Waals surface area contributed by atoms with Gasteiger partial charge in [0.1, 0.15) is 11.4 Å². The third-order valence-corrected chi connectivity index (χ3v) is 2.75. The van der Waals surface area contributed by atoms with Crippen LogP contribution in [0.4, 0.5) is 11.4 Å². The predicted molar refractivity (Wildman–Crippen MR) is 73.5 cm³/mol. The van der Waals surface area contributed by atoms with Crippen LogP contribution in [0.2, 0.25) is 0 Å². The van der Waals surface area contributed by atoms with Gasteiger partial charge in [0.2, 0.25) is 0 Å². The van der Waals surface area contributed by atoms with Gasteiger partial charge < -0.3 is 14.8 Å². The van der Waals surface area contributed by atoms with Crippen molar-refractivity contribution < 1.29 is 9.47 Å². The molecule has 0 spiro atoms. The summed E-state index contributed by atoms with van der Waals surface area (Å²) in [7, 11) is 1.45. The third kappa shape index (κ3) is 2.21. The van der Waals surface area contributed by atoms with Crippen LogP contribution in [-0.4, -0.2) is 13.7 Å². The summed E-state index contributed by atoms with van der Waals surface area (Å²) in [5, 5.41) is 11.6. The number of hydrogen-bond acceptors (Lipinski definition) is 6. The summed E-state index contributed by atoms with van der Waals surface area (Å²) < 4.78 is 10.3. The van der Waals surface area contributed by atoms with Gasteiger partial charge in [-0.05, 0) is 19.1 Å². The number of ether oxygens (including phenoxy) is 2. The van der Waals surface area contributed by atoms with E-state index in [1.807, 2.05) is 6.07 Å². The Bertz CT molecular complexity index is 751. The first kappa shape index (κ1) is 13.6. The van der Waals surface area contributed by atoms with Gasteiger partial charge in [-0.15, -0.1) is 0 Å². The zero-order valence-electron chi connectivity index (χ0n) is 11.0. The first-order valence-electron chi connectivity index (χ1n) is 5.93. The fraction of sp³-hybridized carbons (Fsp3) is 0.214. The van der Waals surface area contributed by atoms with Crippen molar-refractivity contribution in [2.24, 2.45) is 0 Å². The van der Waals surface area contributed by atoms with Crippen molar-refractivity contribution in [3.05, 3.63) is 44.2 Å². The molecule has 20 heavy (non-hydrogen) atoms. The number of hydrogen-bond donors (Lipinski definition) is 1. The SMILES string of the molecule is CCOc1c(Nc2ccc(C#N)cc2OC)c(=O)c1=O. The molecule has 2 aromatic carbocycles. The van der Waals surface area contributed by atoms with Crippen LogP contribution < -0.4 is 25.6 Å². The molecule has 6 heteroatoms. The molecule has 0 atom stereocenters. The summed E-state index contributed by atoms with van der Waals surface area (Å²) in [5.41, 5.74) is -0.233. The van der Waals surface area contributed by atoms with E-state index >= 15 is 0 Å². The highest BCUT2D eigenvalue weighted by Crippen LogP contribution is 2.30. The van der Waals surface area contributed by atoms with E-state index in [-0.39, 0.29) is 11.4 Å². The van der Waals surface area contributed by atoms with Crippen LogP contribution in [0.25, 0.3) is 0 Å². The lowest BCUT2D eigenvalue weighted by molar-refractivity contribution is 0.335. The molecule has 0 aliphatic carbocycles. The molecule has 0 saturated carbocycles. The zero-order chi connectivity index (χ0) is 14.7. The summed E-state index contributed by atoms with van der Waals surface area (Å²) >= 11 is 0. The Morgan fingerprint density at radius 3 is 2.65 bits per heavy atom. The summed E-state index contributed by atoms with van der Waals surface area (Å²) in [6, 6.07) is 6.71. The average Bonchev–Trinajstić information content (AvgIpc) is 2.50. The summed E-state index contributed by atoms with van der Waals surface area (Å²) in [4.78, 5) is 22.9. The summed E-state index contributed by atoms with van der Waals surface area (Å²) in [6.07, 6.45) is 0. The van der Waals surface area contributed by atoms with Gasteiger partial charge in [0.15, 0.2) is 5.75 Å². The number of methoxy groups -OCH3 is 1. The summed E-state index contributed by atoms with van der Waals surface area (Å²) in [6.45, 7) is 2.02. The van der Waals surface area contributed by atoms with Crippen LogP contribution in [0.5, 0.6) is 11.5 Å². The monoisotopic (exact) mass is 272 g/mol. The third-order valence-electron chi connectivity index (χ3n) is 2.75. The molecule has 2 aromatic rings. The van der Waals surface area contributed by atoms with Crippen molar-refractivity contribution >= 4 is 11.4 Å².